The Hall–Kier alpha value is -6.36. The minimum Gasteiger partial charge on any atom is -0.456 e. The number of thiophene rings is 1. The van der Waals surface area contributed by atoms with Gasteiger partial charge in [-0.25, -0.2) is 0 Å². The number of benzene rings is 8. The topological polar surface area (TPSA) is 29.5 Å². The van der Waals surface area contributed by atoms with Crippen LogP contribution in [0, 0.1) is 0 Å². The zero-order valence-electron chi connectivity index (χ0n) is 26.8. The Labute approximate surface area is 290 Å². The van der Waals surface area contributed by atoms with Crippen molar-refractivity contribution < 1.29 is 8.83 Å². The van der Waals surface area contributed by atoms with E-state index in [4.69, 9.17) is 8.83 Å². The number of rotatable bonds is 4. The highest BCUT2D eigenvalue weighted by molar-refractivity contribution is 7.26. The van der Waals surface area contributed by atoms with E-state index in [-0.39, 0.29) is 0 Å². The van der Waals surface area contributed by atoms with Crippen LogP contribution in [0.5, 0.6) is 0 Å². The van der Waals surface area contributed by atoms with E-state index in [2.05, 4.69) is 144 Å². The fraction of sp³-hybridized carbons (Fsp3) is 0. The highest BCUT2D eigenvalue weighted by Gasteiger charge is 2.21. The fourth-order valence-electron chi connectivity index (χ4n) is 7.72. The Balaban J connectivity index is 1.19. The van der Waals surface area contributed by atoms with Crippen LogP contribution in [0.15, 0.2) is 173 Å². The van der Waals surface area contributed by atoms with Crippen LogP contribution in [-0.4, -0.2) is 0 Å². The predicted octanol–water partition coefficient (Wildman–Crippen LogP) is 14.1. The molecule has 0 atom stereocenters. The molecule has 0 fully saturated rings. The van der Waals surface area contributed by atoms with E-state index in [0.29, 0.717) is 0 Å². The summed E-state index contributed by atoms with van der Waals surface area (Å²) >= 11 is 1.87. The summed E-state index contributed by atoms with van der Waals surface area (Å²) in [5, 5.41) is 9.42. The molecule has 11 rings (SSSR count). The van der Waals surface area contributed by atoms with E-state index >= 15 is 0 Å². The van der Waals surface area contributed by atoms with Gasteiger partial charge in [-0.05, 0) is 71.1 Å². The Kier molecular flexibility index (Phi) is 5.83. The molecule has 0 aliphatic rings. The Morgan fingerprint density at radius 3 is 1.92 bits per heavy atom. The number of furan rings is 2. The third kappa shape index (κ3) is 4.09. The number of nitrogens with zero attached hydrogens (tertiary/aromatic N) is 1. The molecule has 0 spiro atoms. The van der Waals surface area contributed by atoms with Gasteiger partial charge in [-0.15, -0.1) is 11.3 Å². The molecule has 4 heteroatoms. The molecule has 11 aromatic rings. The molecule has 234 valence electrons. The van der Waals surface area contributed by atoms with Crippen molar-refractivity contribution in [1.82, 2.24) is 0 Å². The molecule has 0 radical (unpaired) electrons. The van der Waals surface area contributed by atoms with Crippen molar-refractivity contribution >= 4 is 103 Å². The molecular weight excluding hydrogens is 631 g/mol. The molecule has 0 unspecified atom stereocenters. The second-order valence-electron chi connectivity index (χ2n) is 12.9. The average molecular weight is 658 g/mol. The van der Waals surface area contributed by atoms with Crippen molar-refractivity contribution in [2.45, 2.75) is 0 Å². The first-order valence-corrected chi connectivity index (χ1v) is 17.6. The standard InChI is InChI=1S/C46H27NO2S/c1-2-9-28(10-3-1)30-18-21-36-37-22-17-29-11-8-14-39(45(29)46(37)50-44(36)25-30)47(31-20-24-42-38(26-31)34-13-5-7-16-41(34)48-42)32-19-23-35-33-12-4-6-15-40(33)49-43(35)27-32/h1-27H. The molecule has 0 N–H and O–H groups in total. The lowest BCUT2D eigenvalue weighted by molar-refractivity contribution is 0.668. The lowest BCUT2D eigenvalue weighted by Gasteiger charge is -2.27. The molecule has 3 aromatic heterocycles. The molecule has 3 heterocycles. The van der Waals surface area contributed by atoms with E-state index in [1.165, 1.54) is 42.1 Å². The summed E-state index contributed by atoms with van der Waals surface area (Å²) < 4.78 is 15.3. The van der Waals surface area contributed by atoms with Gasteiger partial charge in [-0.1, -0.05) is 103 Å². The van der Waals surface area contributed by atoms with E-state index in [1.807, 2.05) is 35.6 Å². The Morgan fingerprint density at radius 1 is 0.400 bits per heavy atom. The van der Waals surface area contributed by atoms with Crippen molar-refractivity contribution in [1.29, 1.82) is 0 Å². The smallest absolute Gasteiger partial charge is 0.137 e. The van der Waals surface area contributed by atoms with Crippen LogP contribution in [0.25, 0.3) is 85.9 Å². The normalized spacial score (nSPS) is 12.0. The predicted molar refractivity (Wildman–Crippen MR) is 212 cm³/mol. The first kappa shape index (κ1) is 27.6. The SMILES string of the molecule is c1ccc(-c2ccc3c(c2)sc2c3ccc3cccc(N(c4ccc5c(c4)oc4ccccc45)c4ccc5oc6ccccc6c5c4)c32)cc1. The number of anilines is 3. The van der Waals surface area contributed by atoms with Crippen molar-refractivity contribution in [3.8, 4) is 11.1 Å². The van der Waals surface area contributed by atoms with Gasteiger partial charge in [0.25, 0.3) is 0 Å². The summed E-state index contributed by atoms with van der Waals surface area (Å²) in [4.78, 5) is 2.38. The highest BCUT2D eigenvalue weighted by atomic mass is 32.1. The van der Waals surface area contributed by atoms with Gasteiger partial charge in [0.1, 0.15) is 22.3 Å². The second kappa shape index (κ2) is 10.6. The third-order valence-corrected chi connectivity index (χ3v) is 11.2. The van der Waals surface area contributed by atoms with Gasteiger partial charge in [-0.3, -0.25) is 0 Å². The van der Waals surface area contributed by atoms with Gasteiger partial charge in [0.05, 0.1) is 5.69 Å². The van der Waals surface area contributed by atoms with Gasteiger partial charge in [0.15, 0.2) is 0 Å². The van der Waals surface area contributed by atoms with Crippen LogP contribution < -0.4 is 4.90 Å². The van der Waals surface area contributed by atoms with E-state index in [1.54, 1.807) is 0 Å². The lowest BCUT2D eigenvalue weighted by atomic mass is 10.0. The fourth-order valence-corrected chi connectivity index (χ4v) is 9.02. The summed E-state index contributed by atoms with van der Waals surface area (Å²) in [6.07, 6.45) is 0. The van der Waals surface area contributed by atoms with Crippen LogP contribution >= 0.6 is 11.3 Å². The van der Waals surface area contributed by atoms with Gasteiger partial charge < -0.3 is 13.7 Å². The molecule has 0 saturated carbocycles. The van der Waals surface area contributed by atoms with Gasteiger partial charge in [0, 0.05) is 64.5 Å². The molecule has 0 amide bonds. The Morgan fingerprint density at radius 2 is 1.06 bits per heavy atom. The summed E-state index contributed by atoms with van der Waals surface area (Å²) in [5.74, 6) is 0. The molecule has 50 heavy (non-hydrogen) atoms. The van der Waals surface area contributed by atoms with Crippen LogP contribution in [0.4, 0.5) is 17.1 Å². The molecule has 3 nitrogen and oxygen atoms in total. The Bertz CT molecular complexity index is 3110. The van der Waals surface area contributed by atoms with E-state index in [0.717, 1.165) is 60.9 Å². The number of hydrogen-bond acceptors (Lipinski definition) is 4. The molecule has 0 saturated heterocycles. The maximum atomic E-state index is 6.44. The highest BCUT2D eigenvalue weighted by Crippen LogP contribution is 2.47. The zero-order chi connectivity index (χ0) is 32.8. The quantitative estimate of drug-likeness (QED) is 0.189. The van der Waals surface area contributed by atoms with Crippen LogP contribution in [-0.2, 0) is 0 Å². The molecular formula is C46H27NO2S. The van der Waals surface area contributed by atoms with E-state index in [9.17, 15) is 0 Å². The lowest BCUT2D eigenvalue weighted by Crippen LogP contribution is -2.10. The monoisotopic (exact) mass is 657 g/mol. The van der Waals surface area contributed by atoms with Gasteiger partial charge >= 0.3 is 0 Å². The summed E-state index contributed by atoms with van der Waals surface area (Å²) in [6.45, 7) is 0. The first-order chi connectivity index (χ1) is 24.8. The summed E-state index contributed by atoms with van der Waals surface area (Å²) in [7, 11) is 0. The van der Waals surface area contributed by atoms with E-state index < -0.39 is 0 Å². The minimum atomic E-state index is 0.865. The number of fused-ring (bicyclic) bond motifs is 11. The summed E-state index contributed by atoms with van der Waals surface area (Å²) in [5.41, 5.74) is 9.18. The molecule has 0 bridgehead atoms. The van der Waals surface area contributed by atoms with Crippen LogP contribution in [0.2, 0.25) is 0 Å². The number of hydrogen-bond donors (Lipinski definition) is 0. The molecule has 8 aromatic carbocycles. The van der Waals surface area contributed by atoms with Crippen molar-refractivity contribution in [3.05, 3.63) is 164 Å². The van der Waals surface area contributed by atoms with Crippen molar-refractivity contribution in [2.24, 2.45) is 0 Å². The largest absolute Gasteiger partial charge is 0.456 e. The van der Waals surface area contributed by atoms with Crippen LogP contribution in [0.1, 0.15) is 0 Å². The van der Waals surface area contributed by atoms with Gasteiger partial charge in [0.2, 0.25) is 0 Å². The molecule has 0 aliphatic carbocycles. The average Bonchev–Trinajstić information content (AvgIpc) is 3.86. The zero-order valence-corrected chi connectivity index (χ0v) is 27.6. The van der Waals surface area contributed by atoms with Crippen molar-refractivity contribution in [3.63, 3.8) is 0 Å². The maximum Gasteiger partial charge on any atom is 0.137 e. The first-order valence-electron chi connectivity index (χ1n) is 16.8. The maximum absolute atomic E-state index is 6.44. The van der Waals surface area contributed by atoms with Crippen LogP contribution in [0.3, 0.4) is 0 Å². The summed E-state index contributed by atoms with van der Waals surface area (Å²) in [6, 6.07) is 58.4. The number of para-hydroxylation sites is 2. The van der Waals surface area contributed by atoms with Crippen molar-refractivity contribution in [2.75, 3.05) is 4.90 Å². The second-order valence-corrected chi connectivity index (χ2v) is 13.9. The third-order valence-electron chi connectivity index (χ3n) is 10.0. The molecule has 0 aliphatic heterocycles. The van der Waals surface area contributed by atoms with Gasteiger partial charge in [-0.2, -0.15) is 0 Å². The minimum absolute atomic E-state index is 0.865.